The third kappa shape index (κ3) is 2.28. The van der Waals surface area contributed by atoms with Crippen LogP contribution in [0.3, 0.4) is 0 Å². The molecule has 2 rings (SSSR count). The smallest absolute Gasteiger partial charge is 0.140 e. The van der Waals surface area contributed by atoms with E-state index in [0.29, 0.717) is 0 Å². The molecule has 0 radical (unpaired) electrons. The summed E-state index contributed by atoms with van der Waals surface area (Å²) in [7, 11) is 0. The lowest BCUT2D eigenvalue weighted by Gasteiger charge is -1.90. The van der Waals surface area contributed by atoms with Gasteiger partial charge in [-0.25, -0.2) is 9.97 Å². The van der Waals surface area contributed by atoms with E-state index in [2.05, 4.69) is 28.8 Å². The molecule has 2 aromatic rings. The first-order valence-electron chi connectivity index (χ1n) is 4.54. The number of hydrogen-bond acceptors (Lipinski definition) is 2. The van der Waals surface area contributed by atoms with E-state index in [-0.39, 0.29) is 0 Å². The fourth-order valence-corrected chi connectivity index (χ4v) is 1.00. The molecule has 0 aromatic carbocycles. The van der Waals surface area contributed by atoms with Gasteiger partial charge in [-0.3, -0.25) is 0 Å². The van der Waals surface area contributed by atoms with Crippen LogP contribution < -0.4 is 0 Å². The van der Waals surface area contributed by atoms with Crippen LogP contribution in [0.5, 0.6) is 0 Å². The highest BCUT2D eigenvalue weighted by atomic mass is 14.9. The second-order valence-corrected chi connectivity index (χ2v) is 2.91. The molecule has 0 unspecified atom stereocenters. The van der Waals surface area contributed by atoms with Gasteiger partial charge in [0.15, 0.2) is 0 Å². The number of hydrogen-bond donors (Lipinski definition) is 1. The van der Waals surface area contributed by atoms with Gasteiger partial charge in [0.25, 0.3) is 0 Å². The van der Waals surface area contributed by atoms with Gasteiger partial charge in [0.2, 0.25) is 0 Å². The monoisotopic (exact) mass is 177 g/mol. The zero-order valence-corrected chi connectivity index (χ0v) is 8.33. The summed E-state index contributed by atoms with van der Waals surface area (Å²) in [4.78, 5) is 11.1. The molecule has 0 aliphatic carbocycles. The molecule has 2 heterocycles. The number of nitrogens with zero attached hydrogens (tertiary/aromatic N) is 2. The minimum absolute atomic E-state index is 0.910. The number of H-pyrrole nitrogens is 1. The van der Waals surface area contributed by atoms with Crippen LogP contribution in [0.2, 0.25) is 0 Å². The fourth-order valence-electron chi connectivity index (χ4n) is 1.00. The van der Waals surface area contributed by atoms with Gasteiger partial charge >= 0.3 is 0 Å². The Hall–Kier alpha value is -1.38. The van der Waals surface area contributed by atoms with Crippen molar-refractivity contribution in [3.8, 4) is 0 Å². The molecule has 3 nitrogen and oxygen atoms in total. The molecular weight excluding hydrogens is 162 g/mol. The van der Waals surface area contributed by atoms with Crippen LogP contribution in [0, 0.1) is 6.92 Å². The lowest BCUT2D eigenvalue weighted by atomic mass is 10.3. The first-order chi connectivity index (χ1) is 6.29. The van der Waals surface area contributed by atoms with E-state index in [1.54, 1.807) is 6.33 Å². The largest absolute Gasteiger partial charge is 0.346 e. The number of aromatic nitrogens is 3. The Morgan fingerprint density at radius 2 is 2.00 bits per heavy atom. The molecule has 0 bridgehead atoms. The second-order valence-electron chi connectivity index (χ2n) is 2.91. The van der Waals surface area contributed by atoms with Crippen molar-refractivity contribution in [2.75, 3.05) is 0 Å². The summed E-state index contributed by atoms with van der Waals surface area (Å²) in [5.74, 6) is 0. The van der Waals surface area contributed by atoms with Gasteiger partial charge in [0.1, 0.15) is 12.0 Å². The van der Waals surface area contributed by atoms with Crippen molar-refractivity contribution in [1.29, 1.82) is 0 Å². The van der Waals surface area contributed by atoms with Crippen molar-refractivity contribution in [3.05, 3.63) is 24.3 Å². The van der Waals surface area contributed by atoms with Gasteiger partial charge in [-0.2, -0.15) is 0 Å². The number of aryl methyl sites for hydroxylation is 1. The molecule has 0 saturated heterocycles. The maximum Gasteiger partial charge on any atom is 0.140 e. The van der Waals surface area contributed by atoms with Gasteiger partial charge in [0, 0.05) is 11.6 Å². The summed E-state index contributed by atoms with van der Waals surface area (Å²) in [6.07, 6.45) is 4.68. The van der Waals surface area contributed by atoms with Crippen LogP contribution in [-0.2, 0) is 0 Å². The highest BCUT2D eigenvalue weighted by Gasteiger charge is 1.96. The van der Waals surface area contributed by atoms with E-state index in [1.165, 1.54) is 6.42 Å². The number of nitrogens with one attached hydrogen (secondary N) is 1. The summed E-state index contributed by atoms with van der Waals surface area (Å²) >= 11 is 0. The highest BCUT2D eigenvalue weighted by molar-refractivity contribution is 5.77. The van der Waals surface area contributed by atoms with Crippen LogP contribution in [-0.4, -0.2) is 15.0 Å². The number of aromatic amines is 1. The molecule has 2 aromatic heterocycles. The Balaban J connectivity index is 0.000000251. The SMILES string of the molecule is CCC.Cc1ncnc2[nH]ccc12. The van der Waals surface area contributed by atoms with Crippen LogP contribution in [0.15, 0.2) is 18.6 Å². The molecule has 0 atom stereocenters. The normalized spacial score (nSPS) is 9.46. The first-order valence-corrected chi connectivity index (χ1v) is 4.54. The van der Waals surface area contributed by atoms with E-state index in [0.717, 1.165) is 16.7 Å². The third-order valence-corrected chi connectivity index (χ3v) is 1.55. The minimum Gasteiger partial charge on any atom is -0.346 e. The third-order valence-electron chi connectivity index (χ3n) is 1.55. The topological polar surface area (TPSA) is 41.6 Å². The van der Waals surface area contributed by atoms with Gasteiger partial charge in [0.05, 0.1) is 5.69 Å². The maximum atomic E-state index is 4.05. The lowest BCUT2D eigenvalue weighted by molar-refractivity contribution is 1.09. The van der Waals surface area contributed by atoms with Crippen molar-refractivity contribution in [3.63, 3.8) is 0 Å². The Morgan fingerprint density at radius 3 is 2.62 bits per heavy atom. The summed E-state index contributed by atoms with van der Waals surface area (Å²) in [6, 6.07) is 1.98. The predicted octanol–water partition coefficient (Wildman–Crippen LogP) is 2.68. The molecule has 13 heavy (non-hydrogen) atoms. The quantitative estimate of drug-likeness (QED) is 0.672. The average molecular weight is 177 g/mol. The van der Waals surface area contributed by atoms with Crippen molar-refractivity contribution in [2.24, 2.45) is 0 Å². The minimum atomic E-state index is 0.910. The van der Waals surface area contributed by atoms with Gasteiger partial charge in [-0.05, 0) is 13.0 Å². The van der Waals surface area contributed by atoms with Crippen molar-refractivity contribution < 1.29 is 0 Å². The molecule has 0 amide bonds. The van der Waals surface area contributed by atoms with Crippen LogP contribution >= 0.6 is 0 Å². The zero-order chi connectivity index (χ0) is 9.68. The maximum absolute atomic E-state index is 4.05. The molecule has 0 saturated carbocycles. The fraction of sp³-hybridized carbons (Fsp3) is 0.400. The molecule has 70 valence electrons. The highest BCUT2D eigenvalue weighted by Crippen LogP contribution is 2.10. The average Bonchev–Trinajstić information content (AvgIpc) is 2.54. The summed E-state index contributed by atoms with van der Waals surface area (Å²) in [6.45, 7) is 6.22. The van der Waals surface area contributed by atoms with E-state index in [9.17, 15) is 0 Å². The van der Waals surface area contributed by atoms with Crippen LogP contribution in [0.4, 0.5) is 0 Å². The molecule has 0 aliphatic rings. The summed E-state index contributed by atoms with van der Waals surface area (Å²) in [5, 5.41) is 1.10. The molecule has 0 aliphatic heterocycles. The Kier molecular flexibility index (Phi) is 3.43. The van der Waals surface area contributed by atoms with Gasteiger partial charge in [-0.1, -0.05) is 20.3 Å². The molecule has 3 heteroatoms. The second kappa shape index (κ2) is 4.60. The van der Waals surface area contributed by atoms with E-state index in [1.807, 2.05) is 19.2 Å². The van der Waals surface area contributed by atoms with Gasteiger partial charge in [-0.15, -0.1) is 0 Å². The standard InChI is InChI=1S/C7H7N3.C3H8/c1-5-6-2-3-8-7(6)10-4-9-5;1-3-2/h2-4H,1H3,(H,8,9,10);3H2,1-2H3. The number of fused-ring (bicyclic) bond motifs is 1. The van der Waals surface area contributed by atoms with E-state index in [4.69, 9.17) is 0 Å². The molecule has 0 spiro atoms. The first kappa shape index (κ1) is 9.71. The van der Waals surface area contributed by atoms with Crippen LogP contribution in [0.1, 0.15) is 26.0 Å². The number of rotatable bonds is 0. The Bertz CT molecular complexity index is 365. The Labute approximate surface area is 78.2 Å². The van der Waals surface area contributed by atoms with Crippen LogP contribution in [0.25, 0.3) is 11.0 Å². The summed E-state index contributed by atoms with van der Waals surface area (Å²) in [5.41, 5.74) is 1.93. The van der Waals surface area contributed by atoms with Gasteiger partial charge < -0.3 is 4.98 Å². The zero-order valence-electron chi connectivity index (χ0n) is 8.33. The Morgan fingerprint density at radius 1 is 1.31 bits per heavy atom. The predicted molar refractivity (Wildman–Crippen MR) is 54.6 cm³/mol. The lowest BCUT2D eigenvalue weighted by Crippen LogP contribution is -1.83. The van der Waals surface area contributed by atoms with Crippen molar-refractivity contribution in [2.45, 2.75) is 27.2 Å². The van der Waals surface area contributed by atoms with E-state index < -0.39 is 0 Å². The summed E-state index contributed by atoms with van der Waals surface area (Å²) < 4.78 is 0. The van der Waals surface area contributed by atoms with Crippen molar-refractivity contribution >= 4 is 11.0 Å². The molecular formula is C10H15N3. The molecule has 1 N–H and O–H groups in total. The van der Waals surface area contributed by atoms with E-state index >= 15 is 0 Å². The van der Waals surface area contributed by atoms with Crippen molar-refractivity contribution in [1.82, 2.24) is 15.0 Å². The molecule has 0 fully saturated rings.